The number of morpholine rings is 1. The fourth-order valence-electron chi connectivity index (χ4n) is 3.38. The van der Waals surface area contributed by atoms with Crippen LogP contribution in [-0.2, 0) is 4.74 Å². The van der Waals surface area contributed by atoms with Gasteiger partial charge in [-0.3, -0.25) is 0 Å². The van der Waals surface area contributed by atoms with Crippen molar-refractivity contribution in [1.29, 1.82) is 5.26 Å². The number of anilines is 5. The van der Waals surface area contributed by atoms with Crippen molar-refractivity contribution in [2.24, 2.45) is 0 Å². The number of ether oxygens (including phenoxy) is 1. The van der Waals surface area contributed by atoms with Gasteiger partial charge in [-0.25, -0.2) is 13.8 Å². The van der Waals surface area contributed by atoms with E-state index < -0.39 is 16.7 Å². The summed E-state index contributed by atoms with van der Waals surface area (Å²) >= 11 is 5.70. The van der Waals surface area contributed by atoms with E-state index in [2.05, 4.69) is 26.3 Å². The molecule has 2 heterocycles. The Morgan fingerprint density at radius 2 is 1.97 bits per heavy atom. The highest BCUT2D eigenvalue weighted by atomic mass is 35.5. The van der Waals surface area contributed by atoms with Gasteiger partial charge in [0.05, 0.1) is 30.5 Å². The topological polar surface area (TPSA) is 77.3 Å². The molecule has 3 aromatic rings. The second kappa shape index (κ2) is 9.34. The molecule has 1 N–H and O–H groups in total. The Balaban J connectivity index is 1.61. The molecule has 0 aliphatic carbocycles. The van der Waals surface area contributed by atoms with Crippen LogP contribution >= 0.6 is 11.6 Å². The average Bonchev–Trinajstić information content (AvgIpc) is 2.83. The zero-order chi connectivity index (χ0) is 22.7. The molecule has 0 unspecified atom stereocenters. The fraction of sp³-hybridized carbons (Fsp3) is 0.227. The number of rotatable bonds is 5. The SMILES string of the molecule is CN(c1ccnc(Nc2cc(C#N)cc(N3CCOCC3)c2)n1)c1ccc(F)c(Cl)c1F. The first kappa shape index (κ1) is 21.7. The Morgan fingerprint density at radius 1 is 1.19 bits per heavy atom. The quantitative estimate of drug-likeness (QED) is 0.561. The van der Waals surface area contributed by atoms with Gasteiger partial charge in [0.2, 0.25) is 5.95 Å². The van der Waals surface area contributed by atoms with Gasteiger partial charge in [0.25, 0.3) is 0 Å². The van der Waals surface area contributed by atoms with E-state index in [0.717, 1.165) is 24.8 Å². The third kappa shape index (κ3) is 4.56. The van der Waals surface area contributed by atoms with Crippen molar-refractivity contribution in [3.63, 3.8) is 0 Å². The summed E-state index contributed by atoms with van der Waals surface area (Å²) in [6.07, 6.45) is 1.52. The Labute approximate surface area is 188 Å². The molecule has 0 atom stereocenters. The van der Waals surface area contributed by atoms with E-state index in [0.29, 0.717) is 30.3 Å². The molecule has 0 spiro atoms. The van der Waals surface area contributed by atoms with Gasteiger partial charge >= 0.3 is 0 Å². The van der Waals surface area contributed by atoms with Gasteiger partial charge < -0.3 is 19.9 Å². The highest BCUT2D eigenvalue weighted by molar-refractivity contribution is 6.31. The van der Waals surface area contributed by atoms with Crippen molar-refractivity contribution >= 4 is 40.4 Å². The van der Waals surface area contributed by atoms with Crippen LogP contribution in [0.2, 0.25) is 5.02 Å². The van der Waals surface area contributed by atoms with Crippen LogP contribution in [0.1, 0.15) is 5.56 Å². The number of aromatic nitrogens is 2. The third-order valence-electron chi connectivity index (χ3n) is 5.04. The van der Waals surface area contributed by atoms with Crippen molar-refractivity contribution in [2.75, 3.05) is 48.5 Å². The van der Waals surface area contributed by atoms with Gasteiger partial charge in [-0.1, -0.05) is 11.6 Å². The van der Waals surface area contributed by atoms with E-state index in [1.807, 2.05) is 12.1 Å². The molecule has 0 bridgehead atoms. The first-order valence-corrected chi connectivity index (χ1v) is 10.2. The van der Waals surface area contributed by atoms with E-state index in [4.69, 9.17) is 16.3 Å². The molecule has 4 rings (SSSR count). The zero-order valence-corrected chi connectivity index (χ0v) is 17.9. The summed E-state index contributed by atoms with van der Waals surface area (Å²) in [6.45, 7) is 2.72. The molecule has 32 heavy (non-hydrogen) atoms. The second-order valence-corrected chi connectivity index (χ2v) is 7.47. The van der Waals surface area contributed by atoms with Crippen molar-refractivity contribution in [1.82, 2.24) is 9.97 Å². The van der Waals surface area contributed by atoms with E-state index in [1.54, 1.807) is 19.2 Å². The standard InChI is InChI=1S/C22H19ClF2N6O/c1-30(18-3-2-17(24)20(23)21(18)25)19-4-5-27-22(29-19)28-15-10-14(13-26)11-16(12-15)31-6-8-32-9-7-31/h2-5,10-12H,6-9H2,1H3,(H,27,28,29). The average molecular weight is 457 g/mol. The lowest BCUT2D eigenvalue weighted by Gasteiger charge is -2.29. The number of nitriles is 1. The van der Waals surface area contributed by atoms with Crippen LogP contribution in [0.15, 0.2) is 42.6 Å². The van der Waals surface area contributed by atoms with Crippen LogP contribution in [0.25, 0.3) is 0 Å². The van der Waals surface area contributed by atoms with E-state index in [9.17, 15) is 14.0 Å². The monoisotopic (exact) mass is 456 g/mol. The van der Waals surface area contributed by atoms with Crippen molar-refractivity contribution in [3.8, 4) is 6.07 Å². The molecule has 2 aromatic carbocycles. The maximum absolute atomic E-state index is 14.4. The van der Waals surface area contributed by atoms with E-state index in [-0.39, 0.29) is 11.6 Å². The van der Waals surface area contributed by atoms with Crippen LogP contribution < -0.4 is 15.1 Å². The highest BCUT2D eigenvalue weighted by Gasteiger charge is 2.17. The molecule has 0 radical (unpaired) electrons. The molecule has 10 heteroatoms. The van der Waals surface area contributed by atoms with Crippen LogP contribution in [-0.4, -0.2) is 43.3 Å². The van der Waals surface area contributed by atoms with Gasteiger partial charge in [0.15, 0.2) is 5.82 Å². The molecule has 1 aliphatic heterocycles. The molecule has 0 amide bonds. The van der Waals surface area contributed by atoms with Gasteiger partial charge in [0.1, 0.15) is 16.7 Å². The summed E-state index contributed by atoms with van der Waals surface area (Å²) in [5, 5.41) is 12.0. The molecule has 1 aliphatic rings. The summed E-state index contributed by atoms with van der Waals surface area (Å²) in [4.78, 5) is 12.2. The van der Waals surface area contributed by atoms with Gasteiger partial charge in [-0.15, -0.1) is 0 Å². The molecule has 1 aromatic heterocycles. The van der Waals surface area contributed by atoms with E-state index in [1.165, 1.54) is 17.2 Å². The molecule has 1 saturated heterocycles. The van der Waals surface area contributed by atoms with Crippen molar-refractivity contribution < 1.29 is 13.5 Å². The number of nitrogens with zero attached hydrogens (tertiary/aromatic N) is 5. The van der Waals surface area contributed by atoms with E-state index >= 15 is 0 Å². The third-order valence-corrected chi connectivity index (χ3v) is 5.39. The zero-order valence-electron chi connectivity index (χ0n) is 17.1. The normalized spacial score (nSPS) is 13.5. The molecular weight excluding hydrogens is 438 g/mol. The predicted octanol–water partition coefficient (Wildman–Crippen LogP) is 4.63. The number of halogens is 3. The number of nitrogens with one attached hydrogen (secondary N) is 1. The van der Waals surface area contributed by atoms with Gasteiger partial charge in [0, 0.05) is 37.7 Å². The summed E-state index contributed by atoms with van der Waals surface area (Å²) in [6, 6.07) is 11.6. The molecular formula is C22H19ClF2N6O. The number of benzene rings is 2. The molecule has 7 nitrogen and oxygen atoms in total. The second-order valence-electron chi connectivity index (χ2n) is 7.10. The lowest BCUT2D eigenvalue weighted by atomic mass is 10.1. The fourth-order valence-corrected chi connectivity index (χ4v) is 3.54. The maximum atomic E-state index is 14.4. The first-order chi connectivity index (χ1) is 15.5. The summed E-state index contributed by atoms with van der Waals surface area (Å²) in [7, 11) is 1.59. The number of hydrogen-bond donors (Lipinski definition) is 1. The van der Waals surface area contributed by atoms with Gasteiger partial charge in [-0.2, -0.15) is 10.2 Å². The largest absolute Gasteiger partial charge is 0.378 e. The highest BCUT2D eigenvalue weighted by Crippen LogP contribution is 2.31. The lowest BCUT2D eigenvalue weighted by Crippen LogP contribution is -2.36. The Bertz CT molecular complexity index is 1180. The Kier molecular flexibility index (Phi) is 6.35. The van der Waals surface area contributed by atoms with Crippen molar-refractivity contribution in [3.05, 3.63) is 64.8 Å². The number of hydrogen-bond acceptors (Lipinski definition) is 7. The Hall–Kier alpha value is -3.48. The van der Waals surface area contributed by atoms with Crippen molar-refractivity contribution in [2.45, 2.75) is 0 Å². The summed E-state index contributed by atoms with van der Waals surface area (Å²) in [5.41, 5.74) is 2.10. The molecule has 1 fully saturated rings. The van der Waals surface area contributed by atoms with Crippen LogP contribution in [0.3, 0.4) is 0 Å². The Morgan fingerprint density at radius 3 is 2.72 bits per heavy atom. The van der Waals surface area contributed by atoms with Gasteiger partial charge in [-0.05, 0) is 36.4 Å². The van der Waals surface area contributed by atoms with Crippen LogP contribution in [0, 0.1) is 23.0 Å². The minimum Gasteiger partial charge on any atom is -0.378 e. The van der Waals surface area contributed by atoms with Crippen LogP contribution in [0.5, 0.6) is 0 Å². The smallest absolute Gasteiger partial charge is 0.229 e. The lowest BCUT2D eigenvalue weighted by molar-refractivity contribution is 0.122. The minimum atomic E-state index is -0.876. The summed E-state index contributed by atoms with van der Waals surface area (Å²) < 4.78 is 33.3. The van der Waals surface area contributed by atoms with Crippen LogP contribution in [0.4, 0.5) is 37.6 Å². The first-order valence-electron chi connectivity index (χ1n) is 9.81. The maximum Gasteiger partial charge on any atom is 0.229 e. The predicted molar refractivity (Wildman–Crippen MR) is 119 cm³/mol. The molecule has 0 saturated carbocycles. The minimum absolute atomic E-state index is 0.0714. The molecule has 164 valence electrons. The summed E-state index contributed by atoms with van der Waals surface area (Å²) in [5.74, 6) is -1.08.